The number of carbonyl (C=O) groups is 1. The number of carboxylic acid groups (broad SMARTS) is 1. The molecule has 1 heterocycles. The Bertz CT molecular complexity index is 331. The van der Waals surface area contributed by atoms with Crippen molar-refractivity contribution < 1.29 is 14.3 Å². The van der Waals surface area contributed by atoms with Crippen LogP contribution in [0.5, 0.6) is 0 Å². The van der Waals surface area contributed by atoms with Gasteiger partial charge in [-0.05, 0) is 36.8 Å². The lowest BCUT2D eigenvalue weighted by molar-refractivity contribution is -0.297. The molecule has 0 aliphatic rings. The van der Waals surface area contributed by atoms with Gasteiger partial charge in [0.1, 0.15) is 5.76 Å². The zero-order valence-corrected chi connectivity index (χ0v) is 7.19. The van der Waals surface area contributed by atoms with Gasteiger partial charge in [-0.1, -0.05) is 6.08 Å². The van der Waals surface area contributed by atoms with E-state index in [2.05, 4.69) is 0 Å². The highest BCUT2D eigenvalue weighted by Crippen LogP contribution is 2.04. The van der Waals surface area contributed by atoms with Crippen LogP contribution in [0.25, 0.3) is 6.08 Å². The van der Waals surface area contributed by atoms with Crippen molar-refractivity contribution in [2.24, 2.45) is 0 Å². The fourth-order valence-corrected chi connectivity index (χ4v) is 0.834. The van der Waals surface area contributed by atoms with Crippen LogP contribution in [0.15, 0.2) is 40.5 Å². The molecular weight excluding hydrogens is 168 g/mol. The second-order valence-corrected chi connectivity index (χ2v) is 2.56. The fraction of sp³-hybridized carbons (Fsp3) is 0.100. The molecule has 3 heteroatoms. The summed E-state index contributed by atoms with van der Waals surface area (Å²) in [4.78, 5) is 10.1. The van der Waals surface area contributed by atoms with E-state index in [0.29, 0.717) is 11.3 Å². The smallest absolute Gasteiger partial charge is 0.126 e. The van der Waals surface area contributed by atoms with Gasteiger partial charge in [0.2, 0.25) is 0 Å². The van der Waals surface area contributed by atoms with Crippen LogP contribution in [0.1, 0.15) is 12.7 Å². The molecule has 0 aliphatic carbocycles. The molecule has 13 heavy (non-hydrogen) atoms. The van der Waals surface area contributed by atoms with Crippen molar-refractivity contribution in [3.63, 3.8) is 0 Å². The minimum absolute atomic E-state index is 0.608. The molecule has 0 fully saturated rings. The summed E-state index contributed by atoms with van der Waals surface area (Å²) in [5, 5.41) is 10.1. The van der Waals surface area contributed by atoms with Crippen LogP contribution in [-0.4, -0.2) is 5.97 Å². The van der Waals surface area contributed by atoms with E-state index < -0.39 is 5.97 Å². The lowest BCUT2D eigenvalue weighted by atomic mass is 10.2. The number of hydrogen-bond acceptors (Lipinski definition) is 3. The minimum atomic E-state index is -1.19. The molecule has 0 atom stereocenters. The van der Waals surface area contributed by atoms with E-state index in [9.17, 15) is 9.90 Å². The molecule has 0 unspecified atom stereocenters. The Labute approximate surface area is 76.0 Å². The van der Waals surface area contributed by atoms with Crippen LogP contribution in [-0.2, 0) is 4.79 Å². The lowest BCUT2D eigenvalue weighted by Crippen LogP contribution is -2.19. The summed E-state index contributed by atoms with van der Waals surface area (Å²) in [6, 6.07) is 3.54. The van der Waals surface area contributed by atoms with Crippen LogP contribution < -0.4 is 5.11 Å². The Kier molecular flexibility index (Phi) is 3.09. The van der Waals surface area contributed by atoms with E-state index >= 15 is 0 Å². The minimum Gasteiger partial charge on any atom is -0.545 e. The molecule has 0 saturated carbocycles. The number of carboxylic acids is 1. The van der Waals surface area contributed by atoms with Gasteiger partial charge in [-0.15, -0.1) is 0 Å². The lowest BCUT2D eigenvalue weighted by Gasteiger charge is -1.93. The Balaban J connectivity index is 2.64. The van der Waals surface area contributed by atoms with Crippen LogP contribution >= 0.6 is 0 Å². The topological polar surface area (TPSA) is 53.3 Å². The highest BCUT2D eigenvalue weighted by atomic mass is 16.4. The van der Waals surface area contributed by atoms with Gasteiger partial charge in [-0.2, -0.15) is 0 Å². The SMILES string of the molecule is CC(=C/C(=O)[O-])/C=C/c1ccco1. The molecule has 0 spiro atoms. The quantitative estimate of drug-likeness (QED) is 0.511. The maximum absolute atomic E-state index is 10.1. The van der Waals surface area contributed by atoms with Gasteiger partial charge in [0.25, 0.3) is 0 Å². The molecule has 0 radical (unpaired) electrons. The van der Waals surface area contributed by atoms with Crippen molar-refractivity contribution in [2.75, 3.05) is 0 Å². The normalized spacial score (nSPS) is 12.2. The van der Waals surface area contributed by atoms with E-state index in [1.807, 2.05) is 0 Å². The summed E-state index contributed by atoms with van der Waals surface area (Å²) in [5.41, 5.74) is 0.608. The molecule has 0 aliphatic heterocycles. The number of carbonyl (C=O) groups excluding carboxylic acids is 1. The third-order valence-electron chi connectivity index (χ3n) is 1.40. The van der Waals surface area contributed by atoms with Gasteiger partial charge >= 0.3 is 0 Å². The predicted octanol–water partition coefficient (Wildman–Crippen LogP) is 0.989. The number of aliphatic carboxylic acids is 1. The summed E-state index contributed by atoms with van der Waals surface area (Å²) < 4.78 is 5.01. The van der Waals surface area contributed by atoms with Gasteiger partial charge in [0, 0.05) is 0 Å². The number of furan rings is 1. The largest absolute Gasteiger partial charge is 0.545 e. The van der Waals surface area contributed by atoms with Crippen LogP contribution in [0, 0.1) is 0 Å². The zero-order chi connectivity index (χ0) is 9.68. The Morgan fingerprint density at radius 1 is 1.62 bits per heavy atom. The molecule has 0 aromatic carbocycles. The van der Waals surface area contributed by atoms with Gasteiger partial charge in [0.15, 0.2) is 0 Å². The highest BCUT2D eigenvalue weighted by Gasteiger charge is 1.87. The number of hydrogen-bond donors (Lipinski definition) is 0. The Morgan fingerprint density at radius 2 is 2.38 bits per heavy atom. The summed E-state index contributed by atoms with van der Waals surface area (Å²) in [5.74, 6) is -0.507. The van der Waals surface area contributed by atoms with Crippen LogP contribution in [0.3, 0.4) is 0 Å². The molecule has 0 amide bonds. The van der Waals surface area contributed by atoms with E-state index in [1.165, 1.54) is 0 Å². The number of rotatable bonds is 3. The molecule has 68 valence electrons. The molecule has 1 rings (SSSR count). The monoisotopic (exact) mass is 177 g/mol. The molecule has 0 saturated heterocycles. The van der Waals surface area contributed by atoms with Crippen molar-refractivity contribution >= 4 is 12.0 Å². The van der Waals surface area contributed by atoms with E-state index in [-0.39, 0.29) is 0 Å². The second-order valence-electron chi connectivity index (χ2n) is 2.56. The fourth-order valence-electron chi connectivity index (χ4n) is 0.834. The van der Waals surface area contributed by atoms with Crippen LogP contribution in [0.4, 0.5) is 0 Å². The standard InChI is InChI=1S/C10H10O3/c1-8(7-10(11)12)4-5-9-3-2-6-13-9/h2-7H,1H3,(H,11,12)/p-1/b5-4+,8-7-. The van der Waals surface area contributed by atoms with Crippen LogP contribution in [0.2, 0.25) is 0 Å². The van der Waals surface area contributed by atoms with E-state index in [0.717, 1.165) is 6.08 Å². The maximum atomic E-state index is 10.1. The first-order valence-corrected chi connectivity index (χ1v) is 3.79. The summed E-state index contributed by atoms with van der Waals surface area (Å²) in [6.07, 6.45) is 5.92. The Hall–Kier alpha value is -1.77. The molecule has 1 aromatic heterocycles. The third-order valence-corrected chi connectivity index (χ3v) is 1.40. The van der Waals surface area contributed by atoms with Crippen molar-refractivity contribution in [2.45, 2.75) is 6.92 Å². The molecule has 0 bridgehead atoms. The molecular formula is C10H9O3-. The summed E-state index contributed by atoms with van der Waals surface area (Å²) in [7, 11) is 0. The highest BCUT2D eigenvalue weighted by molar-refractivity contribution is 5.79. The maximum Gasteiger partial charge on any atom is 0.126 e. The number of allylic oxidation sites excluding steroid dienone is 2. The average Bonchev–Trinajstić information content (AvgIpc) is 2.51. The van der Waals surface area contributed by atoms with Gasteiger partial charge in [-0.25, -0.2) is 0 Å². The van der Waals surface area contributed by atoms with Crippen molar-refractivity contribution in [3.8, 4) is 0 Å². The first kappa shape index (κ1) is 9.32. The summed E-state index contributed by atoms with van der Waals surface area (Å²) >= 11 is 0. The average molecular weight is 177 g/mol. The molecule has 1 aromatic rings. The van der Waals surface area contributed by atoms with Crippen molar-refractivity contribution in [1.82, 2.24) is 0 Å². The Morgan fingerprint density at radius 3 is 2.92 bits per heavy atom. The van der Waals surface area contributed by atoms with Gasteiger partial charge in [-0.3, -0.25) is 0 Å². The van der Waals surface area contributed by atoms with Crippen molar-refractivity contribution in [3.05, 3.63) is 41.9 Å². The predicted molar refractivity (Wildman–Crippen MR) is 46.5 cm³/mol. The first-order valence-electron chi connectivity index (χ1n) is 3.79. The van der Waals surface area contributed by atoms with E-state index in [4.69, 9.17) is 4.42 Å². The summed E-state index contributed by atoms with van der Waals surface area (Å²) in [6.45, 7) is 1.68. The third kappa shape index (κ3) is 3.42. The van der Waals surface area contributed by atoms with Gasteiger partial charge in [0.05, 0.1) is 12.2 Å². The van der Waals surface area contributed by atoms with Gasteiger partial charge < -0.3 is 14.3 Å². The zero-order valence-electron chi connectivity index (χ0n) is 7.19. The molecule has 3 nitrogen and oxygen atoms in total. The van der Waals surface area contributed by atoms with Crippen molar-refractivity contribution in [1.29, 1.82) is 0 Å². The van der Waals surface area contributed by atoms with E-state index in [1.54, 1.807) is 37.5 Å². The first-order chi connectivity index (χ1) is 6.18. The second kappa shape index (κ2) is 4.30. The molecule has 0 N–H and O–H groups in total.